The molecule has 2 atom stereocenters. The summed E-state index contributed by atoms with van der Waals surface area (Å²) in [6, 6.07) is 4.40. The topological polar surface area (TPSA) is 26.0 Å². The van der Waals surface area contributed by atoms with Gasteiger partial charge in [0, 0.05) is 16.2 Å². The monoisotopic (exact) mass is 305 g/mol. The molecule has 1 nitrogen and oxygen atoms in total. The van der Waals surface area contributed by atoms with E-state index < -0.39 is 11.7 Å². The van der Waals surface area contributed by atoms with Crippen LogP contribution in [0.2, 0.25) is 0 Å². The number of rotatable bonds is 5. The molecule has 0 heterocycles. The fourth-order valence-electron chi connectivity index (χ4n) is 1.74. The van der Waals surface area contributed by atoms with E-state index in [4.69, 9.17) is 5.73 Å². The quantitative estimate of drug-likeness (QED) is 0.796. The van der Waals surface area contributed by atoms with Crippen LogP contribution in [0, 0.1) is 5.92 Å². The van der Waals surface area contributed by atoms with Crippen molar-refractivity contribution in [3.05, 3.63) is 29.3 Å². The molecule has 20 heavy (non-hydrogen) atoms. The largest absolute Gasteiger partial charge is 0.417 e. The molecule has 2 unspecified atom stereocenters. The molecule has 0 amide bonds. The van der Waals surface area contributed by atoms with Crippen molar-refractivity contribution in [2.45, 2.75) is 56.5 Å². The van der Waals surface area contributed by atoms with Crippen molar-refractivity contribution >= 4 is 11.8 Å². The van der Waals surface area contributed by atoms with E-state index in [9.17, 15) is 13.2 Å². The molecule has 1 rings (SSSR count). The van der Waals surface area contributed by atoms with Crippen molar-refractivity contribution in [2.24, 2.45) is 11.7 Å². The van der Waals surface area contributed by atoms with Gasteiger partial charge in [-0.25, -0.2) is 0 Å². The summed E-state index contributed by atoms with van der Waals surface area (Å²) in [6.45, 7) is 7.76. The van der Waals surface area contributed by atoms with Gasteiger partial charge in [0.25, 0.3) is 0 Å². The van der Waals surface area contributed by atoms with Gasteiger partial charge in [0.1, 0.15) is 0 Å². The summed E-state index contributed by atoms with van der Waals surface area (Å²) in [5.41, 5.74) is 5.74. The Morgan fingerprint density at radius 1 is 1.15 bits per heavy atom. The van der Waals surface area contributed by atoms with Gasteiger partial charge in [0.15, 0.2) is 0 Å². The van der Waals surface area contributed by atoms with E-state index in [1.54, 1.807) is 19.1 Å². The molecule has 0 saturated carbocycles. The highest BCUT2D eigenvalue weighted by Crippen LogP contribution is 2.40. The minimum atomic E-state index is -4.33. The highest BCUT2D eigenvalue weighted by Gasteiger charge is 2.34. The predicted octanol–water partition coefficient (Wildman–Crippen LogP) is 4.73. The van der Waals surface area contributed by atoms with E-state index >= 15 is 0 Å². The molecule has 0 fully saturated rings. The van der Waals surface area contributed by atoms with Crippen LogP contribution < -0.4 is 5.73 Å². The van der Waals surface area contributed by atoms with Crippen LogP contribution in [0.25, 0.3) is 0 Å². The molecule has 1 aromatic rings. The fourth-order valence-corrected chi connectivity index (χ4v) is 2.86. The highest BCUT2D eigenvalue weighted by molar-refractivity contribution is 8.00. The van der Waals surface area contributed by atoms with E-state index in [0.717, 1.165) is 0 Å². The molecule has 1 aromatic carbocycles. The predicted molar refractivity (Wildman–Crippen MR) is 79.0 cm³/mol. The standard InChI is InChI=1S/C15H22F3NS/c1-9(2)11(4)20-14-6-5-12(7-10(3)19)8-13(14)15(16,17)18/h5-6,8-11H,7,19H2,1-4H3. The first-order valence-corrected chi connectivity index (χ1v) is 7.61. The van der Waals surface area contributed by atoms with Crippen LogP contribution in [-0.4, -0.2) is 11.3 Å². The molecule has 0 saturated heterocycles. The molecule has 0 aliphatic rings. The number of thioether (sulfide) groups is 1. The molecule has 0 spiro atoms. The number of hydrogen-bond acceptors (Lipinski definition) is 2. The van der Waals surface area contributed by atoms with Gasteiger partial charge in [-0.15, -0.1) is 11.8 Å². The normalized spacial score (nSPS) is 15.4. The Morgan fingerprint density at radius 3 is 2.20 bits per heavy atom. The van der Waals surface area contributed by atoms with Gasteiger partial charge in [0.2, 0.25) is 0 Å². The van der Waals surface area contributed by atoms with Crippen molar-refractivity contribution in [2.75, 3.05) is 0 Å². The molecule has 114 valence electrons. The summed E-state index contributed by atoms with van der Waals surface area (Å²) in [4.78, 5) is 0.298. The number of hydrogen-bond donors (Lipinski definition) is 1. The van der Waals surface area contributed by atoms with E-state index in [-0.39, 0.29) is 11.3 Å². The summed E-state index contributed by atoms with van der Waals surface area (Å²) in [5, 5.41) is 0.135. The lowest BCUT2D eigenvalue weighted by Gasteiger charge is -2.19. The smallest absolute Gasteiger partial charge is 0.328 e. The second-order valence-electron chi connectivity index (χ2n) is 5.58. The van der Waals surface area contributed by atoms with Crippen molar-refractivity contribution in [3.8, 4) is 0 Å². The Balaban J connectivity index is 3.11. The lowest BCUT2D eigenvalue weighted by molar-refractivity contribution is -0.139. The molecule has 0 aliphatic heterocycles. The van der Waals surface area contributed by atoms with Crippen LogP contribution in [0.1, 0.15) is 38.8 Å². The summed E-state index contributed by atoms with van der Waals surface area (Å²) >= 11 is 1.28. The molecule has 0 bridgehead atoms. The Labute approximate surface area is 123 Å². The van der Waals surface area contributed by atoms with Gasteiger partial charge >= 0.3 is 6.18 Å². The number of benzene rings is 1. The first-order chi connectivity index (χ1) is 9.11. The number of nitrogens with two attached hydrogens (primary N) is 1. The summed E-state index contributed by atoms with van der Waals surface area (Å²) < 4.78 is 39.5. The highest BCUT2D eigenvalue weighted by atomic mass is 32.2. The van der Waals surface area contributed by atoms with Crippen molar-refractivity contribution < 1.29 is 13.2 Å². The van der Waals surface area contributed by atoms with Crippen molar-refractivity contribution in [3.63, 3.8) is 0 Å². The minimum absolute atomic E-state index is 0.135. The molecular formula is C15H22F3NS. The maximum Gasteiger partial charge on any atom is 0.417 e. The van der Waals surface area contributed by atoms with Gasteiger partial charge in [-0.3, -0.25) is 0 Å². The lowest BCUT2D eigenvalue weighted by Crippen LogP contribution is -2.18. The fraction of sp³-hybridized carbons (Fsp3) is 0.600. The molecule has 0 aromatic heterocycles. The van der Waals surface area contributed by atoms with Crippen LogP contribution in [-0.2, 0) is 12.6 Å². The maximum absolute atomic E-state index is 13.2. The zero-order chi connectivity index (χ0) is 15.5. The third-order valence-electron chi connectivity index (χ3n) is 3.16. The van der Waals surface area contributed by atoms with E-state index in [1.165, 1.54) is 17.8 Å². The average Bonchev–Trinajstić information content (AvgIpc) is 2.28. The molecule has 2 N–H and O–H groups in total. The van der Waals surface area contributed by atoms with Crippen LogP contribution in [0.3, 0.4) is 0 Å². The Kier molecular flexibility index (Phi) is 5.95. The maximum atomic E-state index is 13.2. The van der Waals surface area contributed by atoms with Gasteiger partial charge in [-0.1, -0.05) is 26.8 Å². The molecule has 0 aliphatic carbocycles. The number of alkyl halides is 3. The second kappa shape index (κ2) is 6.85. The lowest BCUT2D eigenvalue weighted by atomic mass is 10.0. The van der Waals surface area contributed by atoms with Crippen LogP contribution in [0.15, 0.2) is 23.1 Å². The Hall–Kier alpha value is -0.680. The molecule has 0 radical (unpaired) electrons. The third kappa shape index (κ3) is 5.02. The molecular weight excluding hydrogens is 283 g/mol. The first-order valence-electron chi connectivity index (χ1n) is 6.73. The van der Waals surface area contributed by atoms with Crippen LogP contribution in [0.4, 0.5) is 13.2 Å². The summed E-state index contributed by atoms with van der Waals surface area (Å²) in [5.74, 6) is 0.324. The first kappa shape index (κ1) is 17.4. The minimum Gasteiger partial charge on any atom is -0.328 e. The summed E-state index contributed by atoms with van der Waals surface area (Å²) in [6.07, 6.45) is -3.87. The van der Waals surface area contributed by atoms with E-state index in [0.29, 0.717) is 22.8 Å². The summed E-state index contributed by atoms with van der Waals surface area (Å²) in [7, 11) is 0. The zero-order valence-corrected chi connectivity index (χ0v) is 13.1. The van der Waals surface area contributed by atoms with Gasteiger partial charge < -0.3 is 5.73 Å². The van der Waals surface area contributed by atoms with Crippen molar-refractivity contribution in [1.82, 2.24) is 0 Å². The molecule has 5 heteroatoms. The van der Waals surface area contributed by atoms with Gasteiger partial charge in [-0.2, -0.15) is 13.2 Å². The van der Waals surface area contributed by atoms with Crippen LogP contribution in [0.5, 0.6) is 0 Å². The van der Waals surface area contributed by atoms with E-state index in [2.05, 4.69) is 0 Å². The average molecular weight is 305 g/mol. The van der Waals surface area contributed by atoms with Gasteiger partial charge in [0.05, 0.1) is 5.56 Å². The SMILES string of the molecule is CC(N)Cc1ccc(SC(C)C(C)C)c(C(F)(F)F)c1. The van der Waals surface area contributed by atoms with Crippen LogP contribution >= 0.6 is 11.8 Å². The third-order valence-corrected chi connectivity index (χ3v) is 4.68. The Morgan fingerprint density at radius 2 is 1.75 bits per heavy atom. The second-order valence-corrected chi connectivity index (χ2v) is 7.00. The van der Waals surface area contributed by atoms with E-state index in [1.807, 2.05) is 20.8 Å². The number of halogens is 3. The Bertz CT molecular complexity index is 441. The van der Waals surface area contributed by atoms with Gasteiger partial charge in [-0.05, 0) is 37.0 Å². The van der Waals surface area contributed by atoms with Crippen molar-refractivity contribution in [1.29, 1.82) is 0 Å². The zero-order valence-electron chi connectivity index (χ0n) is 12.3.